The lowest BCUT2D eigenvalue weighted by molar-refractivity contribution is 0.692. The molecule has 17 heavy (non-hydrogen) atoms. The number of para-hydroxylation sites is 1. The lowest BCUT2D eigenvalue weighted by atomic mass is 10.2. The molecule has 0 amide bonds. The maximum atomic E-state index is 11.8. The van der Waals surface area contributed by atoms with E-state index in [-0.39, 0.29) is 11.2 Å². The zero-order valence-corrected chi connectivity index (χ0v) is 11.2. The fourth-order valence-corrected chi connectivity index (χ4v) is 1.70. The van der Waals surface area contributed by atoms with Crippen LogP contribution in [-0.2, 0) is 6.54 Å². The Labute approximate surface area is 109 Å². The Hall–Kier alpha value is -1.14. The Morgan fingerprint density at radius 1 is 1.24 bits per heavy atom. The SMILES string of the molecule is CS.O=c1[nH]c2ccccc2c(=O)n1CCS. The van der Waals surface area contributed by atoms with E-state index in [1.54, 1.807) is 30.5 Å². The van der Waals surface area contributed by atoms with Gasteiger partial charge in [0.1, 0.15) is 0 Å². The molecule has 1 aromatic heterocycles. The highest BCUT2D eigenvalue weighted by Gasteiger charge is 2.05. The van der Waals surface area contributed by atoms with Crippen LogP contribution in [0.15, 0.2) is 33.9 Å². The number of thiol groups is 2. The van der Waals surface area contributed by atoms with Crippen LogP contribution in [0.1, 0.15) is 0 Å². The second kappa shape index (κ2) is 6.56. The van der Waals surface area contributed by atoms with Gasteiger partial charge in [-0.25, -0.2) is 4.79 Å². The molecule has 0 aliphatic heterocycles. The monoisotopic (exact) mass is 270 g/mol. The maximum absolute atomic E-state index is 11.8. The third-order valence-corrected chi connectivity index (χ3v) is 2.41. The average molecular weight is 270 g/mol. The molecular weight excluding hydrogens is 256 g/mol. The highest BCUT2D eigenvalue weighted by Crippen LogP contribution is 2.02. The number of H-pyrrole nitrogens is 1. The fraction of sp³-hybridized carbons (Fsp3) is 0.273. The van der Waals surface area contributed by atoms with E-state index in [0.717, 1.165) is 4.57 Å². The van der Waals surface area contributed by atoms with E-state index in [1.165, 1.54) is 0 Å². The van der Waals surface area contributed by atoms with Crippen molar-refractivity contribution in [3.05, 3.63) is 45.1 Å². The third kappa shape index (κ3) is 2.95. The number of hydrogen-bond donors (Lipinski definition) is 3. The summed E-state index contributed by atoms with van der Waals surface area (Å²) in [5, 5.41) is 0.527. The van der Waals surface area contributed by atoms with Crippen molar-refractivity contribution >= 4 is 36.2 Å². The molecule has 0 bridgehead atoms. The van der Waals surface area contributed by atoms with Gasteiger partial charge in [-0.3, -0.25) is 9.36 Å². The first-order valence-corrected chi connectivity index (χ1v) is 6.54. The number of aromatic nitrogens is 2. The zero-order valence-electron chi connectivity index (χ0n) is 9.38. The largest absolute Gasteiger partial charge is 0.328 e. The molecule has 0 unspecified atom stereocenters. The van der Waals surface area contributed by atoms with Crippen molar-refractivity contribution in [3.8, 4) is 0 Å². The van der Waals surface area contributed by atoms with Crippen molar-refractivity contribution in [2.45, 2.75) is 6.54 Å². The van der Waals surface area contributed by atoms with Crippen LogP contribution in [0, 0.1) is 0 Å². The molecule has 0 saturated heterocycles. The summed E-state index contributed by atoms with van der Waals surface area (Å²) in [6.45, 7) is 0.322. The van der Waals surface area contributed by atoms with Crippen molar-refractivity contribution in [2.24, 2.45) is 0 Å². The average Bonchev–Trinajstić information content (AvgIpc) is 2.37. The Balaban J connectivity index is 0.000000686. The summed E-state index contributed by atoms with van der Waals surface area (Å²) in [6, 6.07) is 6.96. The summed E-state index contributed by atoms with van der Waals surface area (Å²) < 4.78 is 1.16. The zero-order chi connectivity index (χ0) is 12.8. The third-order valence-electron chi connectivity index (χ3n) is 2.21. The van der Waals surface area contributed by atoms with Gasteiger partial charge < -0.3 is 4.98 Å². The van der Waals surface area contributed by atoms with E-state index in [4.69, 9.17) is 0 Å². The Kier molecular flexibility index (Phi) is 5.37. The topological polar surface area (TPSA) is 54.9 Å². The van der Waals surface area contributed by atoms with Gasteiger partial charge in [-0.15, -0.1) is 0 Å². The number of nitrogens with zero attached hydrogens (tertiary/aromatic N) is 1. The van der Waals surface area contributed by atoms with Crippen LogP contribution in [0.3, 0.4) is 0 Å². The second-order valence-electron chi connectivity index (χ2n) is 3.16. The molecule has 0 saturated carbocycles. The number of fused-ring (bicyclic) bond motifs is 1. The van der Waals surface area contributed by atoms with Gasteiger partial charge in [0.05, 0.1) is 10.9 Å². The summed E-state index contributed by atoms with van der Waals surface area (Å²) in [7, 11) is 0. The van der Waals surface area contributed by atoms with Gasteiger partial charge in [0.2, 0.25) is 0 Å². The molecule has 2 rings (SSSR count). The summed E-state index contributed by atoms with van der Waals surface area (Å²) in [4.78, 5) is 26.0. The Morgan fingerprint density at radius 3 is 2.53 bits per heavy atom. The highest BCUT2D eigenvalue weighted by molar-refractivity contribution is 7.80. The van der Waals surface area contributed by atoms with Crippen LogP contribution in [0.5, 0.6) is 0 Å². The van der Waals surface area contributed by atoms with E-state index < -0.39 is 0 Å². The minimum Gasteiger partial charge on any atom is -0.307 e. The quantitative estimate of drug-likeness (QED) is 0.717. The molecule has 1 N–H and O–H groups in total. The second-order valence-corrected chi connectivity index (χ2v) is 3.60. The van der Waals surface area contributed by atoms with Gasteiger partial charge in [-0.1, -0.05) is 12.1 Å². The first-order chi connectivity index (χ1) is 8.24. The molecule has 4 nitrogen and oxygen atoms in total. The molecule has 6 heteroatoms. The summed E-state index contributed by atoms with van der Waals surface area (Å²) in [5.41, 5.74) is -0.0703. The van der Waals surface area contributed by atoms with Crippen LogP contribution in [0.25, 0.3) is 10.9 Å². The fourth-order valence-electron chi connectivity index (χ4n) is 1.50. The van der Waals surface area contributed by atoms with E-state index >= 15 is 0 Å². The van der Waals surface area contributed by atoms with Crippen LogP contribution in [0.4, 0.5) is 0 Å². The summed E-state index contributed by atoms with van der Waals surface area (Å²) >= 11 is 7.54. The molecule has 0 spiro atoms. The van der Waals surface area contributed by atoms with Gasteiger partial charge in [-0.05, 0) is 18.4 Å². The van der Waals surface area contributed by atoms with Crippen molar-refractivity contribution < 1.29 is 0 Å². The number of rotatable bonds is 2. The lowest BCUT2D eigenvalue weighted by Gasteiger charge is -2.03. The van der Waals surface area contributed by atoms with E-state index in [0.29, 0.717) is 23.2 Å². The van der Waals surface area contributed by atoms with Crippen molar-refractivity contribution in [3.63, 3.8) is 0 Å². The molecule has 92 valence electrons. The minimum absolute atomic E-state index is 0.261. The first kappa shape index (κ1) is 13.9. The van der Waals surface area contributed by atoms with Gasteiger partial charge >= 0.3 is 5.69 Å². The molecule has 1 aromatic carbocycles. The minimum atomic E-state index is -0.382. The van der Waals surface area contributed by atoms with E-state index in [1.807, 2.05) is 0 Å². The van der Waals surface area contributed by atoms with Gasteiger partial charge in [0.15, 0.2) is 0 Å². The standard InChI is InChI=1S/C10H10N2O2S.CH4S/c13-9-7-3-1-2-4-8(7)11-10(14)12(9)5-6-15;1-2/h1-4,15H,5-6H2,(H,11,14);2H,1H3. The number of nitrogens with one attached hydrogen (secondary N) is 1. The molecule has 0 radical (unpaired) electrons. The normalized spacial score (nSPS) is 9.82. The van der Waals surface area contributed by atoms with Crippen molar-refractivity contribution in [2.75, 3.05) is 12.0 Å². The summed E-state index contributed by atoms with van der Waals surface area (Å²) in [5.74, 6) is 0.460. The number of hydrogen-bond acceptors (Lipinski definition) is 4. The van der Waals surface area contributed by atoms with Gasteiger partial charge in [-0.2, -0.15) is 25.3 Å². The first-order valence-electron chi connectivity index (χ1n) is 5.01. The van der Waals surface area contributed by atoms with Gasteiger partial charge in [0, 0.05) is 12.3 Å². The maximum Gasteiger partial charge on any atom is 0.328 e. The van der Waals surface area contributed by atoms with Crippen LogP contribution < -0.4 is 11.2 Å². The van der Waals surface area contributed by atoms with Gasteiger partial charge in [0.25, 0.3) is 5.56 Å². The van der Waals surface area contributed by atoms with E-state index in [9.17, 15) is 9.59 Å². The summed E-state index contributed by atoms with van der Waals surface area (Å²) in [6.07, 6.45) is 1.69. The molecule has 0 atom stereocenters. The molecular formula is C11H14N2O2S2. The predicted molar refractivity (Wildman–Crippen MR) is 77.6 cm³/mol. The smallest absolute Gasteiger partial charge is 0.307 e. The van der Waals surface area contributed by atoms with Crippen LogP contribution in [0.2, 0.25) is 0 Å². The van der Waals surface area contributed by atoms with Crippen molar-refractivity contribution in [1.29, 1.82) is 0 Å². The van der Waals surface area contributed by atoms with Crippen LogP contribution in [-0.4, -0.2) is 21.6 Å². The highest BCUT2D eigenvalue weighted by atomic mass is 32.1. The Bertz CT molecular complexity index is 604. The van der Waals surface area contributed by atoms with Crippen molar-refractivity contribution in [1.82, 2.24) is 9.55 Å². The number of benzene rings is 1. The predicted octanol–water partition coefficient (Wildman–Crippen LogP) is 1.17. The molecule has 0 aliphatic carbocycles. The molecule has 1 heterocycles. The molecule has 2 aromatic rings. The van der Waals surface area contributed by atoms with Crippen LogP contribution >= 0.6 is 25.3 Å². The lowest BCUT2D eigenvalue weighted by Crippen LogP contribution is -2.35. The molecule has 0 aliphatic rings. The Morgan fingerprint density at radius 2 is 1.88 bits per heavy atom. The van der Waals surface area contributed by atoms with E-state index in [2.05, 4.69) is 30.2 Å². The number of aromatic amines is 1. The molecule has 0 fully saturated rings.